The summed E-state index contributed by atoms with van der Waals surface area (Å²) in [5.74, 6) is 1.59. The van der Waals surface area contributed by atoms with Gasteiger partial charge in [-0.25, -0.2) is 0 Å². The van der Waals surface area contributed by atoms with Gasteiger partial charge in [-0.15, -0.1) is 11.3 Å². The van der Waals surface area contributed by atoms with Crippen molar-refractivity contribution in [3.63, 3.8) is 0 Å². The van der Waals surface area contributed by atoms with Crippen LogP contribution in [0, 0.1) is 0 Å². The number of aliphatic hydroxyl groups is 1. The van der Waals surface area contributed by atoms with Crippen LogP contribution in [0.5, 0.6) is 11.5 Å². The van der Waals surface area contributed by atoms with Crippen molar-refractivity contribution in [1.29, 1.82) is 0 Å². The summed E-state index contributed by atoms with van der Waals surface area (Å²) in [5, 5.41) is 14.6. The second kappa shape index (κ2) is 11.0. The lowest BCUT2D eigenvalue weighted by molar-refractivity contribution is -0.676. The number of methoxy groups -OCH3 is 2. The smallest absolute Gasteiger partial charge is 0.126 e. The van der Waals surface area contributed by atoms with Gasteiger partial charge in [0.2, 0.25) is 0 Å². The summed E-state index contributed by atoms with van der Waals surface area (Å²) in [7, 11) is 3.30. The summed E-state index contributed by atoms with van der Waals surface area (Å²) in [5.41, 5.74) is 2.01. The number of aliphatic hydroxyl groups excluding tert-OH is 1. The van der Waals surface area contributed by atoms with Crippen molar-refractivity contribution in [3.8, 4) is 11.5 Å². The Morgan fingerprint density at radius 3 is 1.97 bits per heavy atom. The lowest BCUT2D eigenvalue weighted by atomic mass is 10.0. The van der Waals surface area contributed by atoms with E-state index >= 15 is 0 Å². The fraction of sp³-hybridized carbons (Fsp3) is 0.304. The van der Waals surface area contributed by atoms with Crippen LogP contribution < -0.4 is 14.8 Å². The first-order valence-corrected chi connectivity index (χ1v) is 10.5. The lowest BCUT2D eigenvalue weighted by Crippen LogP contribution is -2.85. The SMILES string of the molecule is COc1ccc(C(OC[C@H](O)C[NH2+]Cc2cccs2)c2ccc(OC)cc2)cc1. The zero-order valence-electron chi connectivity index (χ0n) is 16.8. The maximum absolute atomic E-state index is 10.4. The van der Waals surface area contributed by atoms with Crippen molar-refractivity contribution in [3.05, 3.63) is 82.0 Å². The summed E-state index contributed by atoms with van der Waals surface area (Å²) in [6.07, 6.45) is -0.826. The molecule has 0 aliphatic carbocycles. The molecule has 1 aromatic heterocycles. The van der Waals surface area contributed by atoms with Gasteiger partial charge in [0.15, 0.2) is 0 Å². The van der Waals surface area contributed by atoms with Gasteiger partial charge in [-0.2, -0.15) is 0 Å². The Hall–Kier alpha value is -2.38. The predicted octanol–water partition coefficient (Wildman–Crippen LogP) is 3.00. The van der Waals surface area contributed by atoms with Gasteiger partial charge < -0.3 is 24.6 Å². The van der Waals surface area contributed by atoms with Crippen LogP contribution >= 0.6 is 11.3 Å². The molecule has 0 aliphatic heterocycles. The molecule has 0 bridgehead atoms. The summed E-state index contributed by atoms with van der Waals surface area (Å²) in [6.45, 7) is 1.72. The summed E-state index contributed by atoms with van der Waals surface area (Å²) < 4.78 is 16.7. The molecule has 3 N–H and O–H groups in total. The number of quaternary nitrogens is 1. The monoisotopic (exact) mass is 414 g/mol. The minimum absolute atomic E-state index is 0.254. The molecule has 0 saturated heterocycles. The molecule has 0 spiro atoms. The summed E-state index contributed by atoms with van der Waals surface area (Å²) in [6, 6.07) is 19.8. The first kappa shape index (κ1) is 21.3. The third-order valence-electron chi connectivity index (χ3n) is 4.66. The van der Waals surface area contributed by atoms with Gasteiger partial charge in [0.25, 0.3) is 0 Å². The van der Waals surface area contributed by atoms with Crippen LogP contribution in [-0.2, 0) is 11.3 Å². The molecule has 29 heavy (non-hydrogen) atoms. The van der Waals surface area contributed by atoms with Crippen LogP contribution in [0.15, 0.2) is 66.0 Å². The quantitative estimate of drug-likeness (QED) is 0.506. The van der Waals surface area contributed by atoms with Gasteiger partial charge >= 0.3 is 0 Å². The molecular weight excluding hydrogens is 386 g/mol. The lowest BCUT2D eigenvalue weighted by Gasteiger charge is -2.21. The minimum Gasteiger partial charge on any atom is -0.497 e. The average Bonchev–Trinajstić information content (AvgIpc) is 3.28. The molecule has 0 aliphatic rings. The number of thiophene rings is 1. The molecule has 154 valence electrons. The first-order chi connectivity index (χ1) is 14.2. The Labute approximate surface area is 175 Å². The Kier molecular flexibility index (Phi) is 8.07. The predicted molar refractivity (Wildman–Crippen MR) is 115 cm³/mol. The second-order valence-electron chi connectivity index (χ2n) is 6.72. The number of hydrogen-bond acceptors (Lipinski definition) is 5. The molecule has 0 fully saturated rings. The number of nitrogens with two attached hydrogens (primary N) is 1. The number of ether oxygens (including phenoxy) is 3. The molecule has 2 aromatic carbocycles. The normalized spacial score (nSPS) is 12.1. The van der Waals surface area contributed by atoms with Crippen LogP contribution in [0.2, 0.25) is 0 Å². The van der Waals surface area contributed by atoms with Gasteiger partial charge in [-0.1, -0.05) is 30.3 Å². The first-order valence-electron chi connectivity index (χ1n) is 9.61. The highest BCUT2D eigenvalue weighted by molar-refractivity contribution is 7.09. The van der Waals surface area contributed by atoms with E-state index in [0.29, 0.717) is 6.54 Å². The molecule has 1 heterocycles. The van der Waals surface area contributed by atoms with Gasteiger partial charge in [-0.3, -0.25) is 0 Å². The molecule has 0 amide bonds. The van der Waals surface area contributed by atoms with E-state index in [1.807, 2.05) is 54.6 Å². The molecule has 3 rings (SSSR count). The Balaban J connectivity index is 1.63. The fourth-order valence-electron chi connectivity index (χ4n) is 3.06. The number of hydrogen-bond donors (Lipinski definition) is 2. The van der Waals surface area contributed by atoms with Crippen LogP contribution in [0.1, 0.15) is 22.1 Å². The molecule has 6 heteroatoms. The van der Waals surface area contributed by atoms with Crippen molar-refractivity contribution in [2.45, 2.75) is 18.8 Å². The van der Waals surface area contributed by atoms with Crippen LogP contribution in [0.3, 0.4) is 0 Å². The standard InChI is InChI=1S/C23H27NO4S/c1-26-20-9-5-17(6-10-20)23(18-7-11-21(27-2)12-8-18)28-16-19(25)14-24-15-22-4-3-13-29-22/h3-13,19,23-25H,14-16H2,1-2H3/p+1/t19-/m1/s1. The van der Waals surface area contributed by atoms with Crippen molar-refractivity contribution in [1.82, 2.24) is 0 Å². The number of benzene rings is 2. The van der Waals surface area contributed by atoms with E-state index in [0.717, 1.165) is 29.2 Å². The maximum Gasteiger partial charge on any atom is 0.126 e. The molecular formula is C23H28NO4S+. The Morgan fingerprint density at radius 1 is 0.897 bits per heavy atom. The molecule has 0 saturated carbocycles. The van der Waals surface area contributed by atoms with E-state index in [1.165, 1.54) is 4.88 Å². The van der Waals surface area contributed by atoms with Crippen molar-refractivity contribution < 1.29 is 24.6 Å². The third-order valence-corrected chi connectivity index (χ3v) is 5.56. The third kappa shape index (κ3) is 6.30. The van der Waals surface area contributed by atoms with Crippen LogP contribution in [0.25, 0.3) is 0 Å². The van der Waals surface area contributed by atoms with Crippen molar-refractivity contribution in [2.24, 2.45) is 0 Å². The van der Waals surface area contributed by atoms with E-state index in [-0.39, 0.29) is 12.7 Å². The van der Waals surface area contributed by atoms with Crippen molar-refractivity contribution >= 4 is 11.3 Å². The zero-order chi connectivity index (χ0) is 20.5. The summed E-state index contributed by atoms with van der Waals surface area (Å²) in [4.78, 5) is 1.30. The molecule has 1 atom stereocenters. The molecule has 5 nitrogen and oxygen atoms in total. The average molecular weight is 415 g/mol. The van der Waals surface area contributed by atoms with Gasteiger partial charge in [0.05, 0.1) is 25.7 Å². The largest absolute Gasteiger partial charge is 0.497 e. The highest BCUT2D eigenvalue weighted by Crippen LogP contribution is 2.29. The maximum atomic E-state index is 10.4. The van der Waals surface area contributed by atoms with Gasteiger partial charge in [0, 0.05) is 0 Å². The van der Waals surface area contributed by atoms with Crippen LogP contribution in [0.4, 0.5) is 0 Å². The number of rotatable bonds is 11. The van der Waals surface area contributed by atoms with Crippen molar-refractivity contribution in [2.75, 3.05) is 27.4 Å². The van der Waals surface area contributed by atoms with E-state index in [4.69, 9.17) is 14.2 Å². The molecule has 0 unspecified atom stereocenters. The topological polar surface area (TPSA) is 64.5 Å². The fourth-order valence-corrected chi connectivity index (χ4v) is 3.77. The van der Waals surface area contributed by atoms with Gasteiger partial charge in [0.1, 0.15) is 36.8 Å². The van der Waals surface area contributed by atoms with E-state index in [2.05, 4.69) is 16.8 Å². The zero-order valence-corrected chi connectivity index (χ0v) is 17.6. The van der Waals surface area contributed by atoms with Gasteiger partial charge in [-0.05, 0) is 46.8 Å². The highest BCUT2D eigenvalue weighted by Gasteiger charge is 2.18. The molecule has 0 radical (unpaired) electrons. The van der Waals surface area contributed by atoms with Crippen LogP contribution in [-0.4, -0.2) is 38.6 Å². The van der Waals surface area contributed by atoms with E-state index < -0.39 is 6.10 Å². The minimum atomic E-state index is -0.547. The Morgan fingerprint density at radius 2 is 1.48 bits per heavy atom. The molecule has 3 aromatic rings. The highest BCUT2D eigenvalue weighted by atomic mass is 32.1. The van der Waals surface area contributed by atoms with E-state index in [9.17, 15) is 5.11 Å². The second-order valence-corrected chi connectivity index (χ2v) is 7.75. The summed E-state index contributed by atoms with van der Waals surface area (Å²) >= 11 is 1.73. The Bertz CT molecular complexity index is 787. The van der Waals surface area contributed by atoms with E-state index in [1.54, 1.807) is 25.6 Å².